The second-order valence-electron chi connectivity index (χ2n) is 6.68. The maximum atomic E-state index is 12.8. The summed E-state index contributed by atoms with van der Waals surface area (Å²) in [7, 11) is 0. The Morgan fingerprint density at radius 1 is 1.26 bits per heavy atom. The molecule has 1 aliphatic heterocycles. The van der Waals surface area contributed by atoms with Gasteiger partial charge in [-0.1, -0.05) is 43.0 Å². The minimum absolute atomic E-state index is 0.0701. The predicted molar refractivity (Wildman–Crippen MR) is 91.0 cm³/mol. The van der Waals surface area contributed by atoms with Gasteiger partial charge in [0.1, 0.15) is 0 Å². The third kappa shape index (κ3) is 4.06. The Labute approximate surface area is 142 Å². The van der Waals surface area contributed by atoms with Gasteiger partial charge in [0.15, 0.2) is 6.35 Å². The van der Waals surface area contributed by atoms with Crippen molar-refractivity contribution in [3.63, 3.8) is 0 Å². The SMILES string of the molecule is O=C1C(CCc2cccc(Cl)c2)CNC(O)N1C1CCCCC1. The van der Waals surface area contributed by atoms with E-state index in [1.807, 2.05) is 24.3 Å². The lowest BCUT2D eigenvalue weighted by Gasteiger charge is -2.43. The lowest BCUT2D eigenvalue weighted by molar-refractivity contribution is -0.162. The first-order valence-corrected chi connectivity index (χ1v) is 9.01. The van der Waals surface area contributed by atoms with Crippen LogP contribution in [0.5, 0.6) is 0 Å². The molecule has 1 saturated carbocycles. The summed E-state index contributed by atoms with van der Waals surface area (Å²) in [6.07, 6.45) is 6.32. The quantitative estimate of drug-likeness (QED) is 0.889. The molecule has 0 aromatic heterocycles. The molecule has 126 valence electrons. The fraction of sp³-hybridized carbons (Fsp3) is 0.611. The molecule has 1 amide bonds. The first-order chi connectivity index (χ1) is 11.1. The molecule has 0 bridgehead atoms. The summed E-state index contributed by atoms with van der Waals surface area (Å²) in [6, 6.07) is 7.99. The van der Waals surface area contributed by atoms with Crippen LogP contribution in [0.1, 0.15) is 44.1 Å². The molecular weight excluding hydrogens is 312 g/mol. The zero-order valence-corrected chi connectivity index (χ0v) is 14.1. The van der Waals surface area contributed by atoms with Gasteiger partial charge in [-0.3, -0.25) is 10.1 Å². The molecule has 3 rings (SSSR count). The van der Waals surface area contributed by atoms with Crippen LogP contribution in [0, 0.1) is 5.92 Å². The van der Waals surface area contributed by atoms with Crippen LogP contribution in [0.15, 0.2) is 24.3 Å². The van der Waals surface area contributed by atoms with Crippen LogP contribution in [-0.2, 0) is 11.2 Å². The van der Waals surface area contributed by atoms with Gasteiger partial charge in [-0.2, -0.15) is 0 Å². The lowest BCUT2D eigenvalue weighted by Crippen LogP contribution is -2.61. The van der Waals surface area contributed by atoms with E-state index in [0.717, 1.165) is 49.1 Å². The van der Waals surface area contributed by atoms with Crippen molar-refractivity contribution < 1.29 is 9.90 Å². The minimum Gasteiger partial charge on any atom is -0.361 e. The van der Waals surface area contributed by atoms with Gasteiger partial charge in [0.2, 0.25) is 5.91 Å². The van der Waals surface area contributed by atoms with Gasteiger partial charge < -0.3 is 10.0 Å². The summed E-state index contributed by atoms with van der Waals surface area (Å²) >= 11 is 6.02. The second-order valence-corrected chi connectivity index (χ2v) is 7.12. The Morgan fingerprint density at radius 2 is 2.04 bits per heavy atom. The molecule has 1 aliphatic carbocycles. The summed E-state index contributed by atoms with van der Waals surface area (Å²) in [5.74, 6) is 0.0319. The maximum Gasteiger partial charge on any atom is 0.230 e. The predicted octanol–water partition coefficient (Wildman–Crippen LogP) is 2.93. The first-order valence-electron chi connectivity index (χ1n) is 8.63. The number of amides is 1. The molecule has 0 radical (unpaired) electrons. The highest BCUT2D eigenvalue weighted by Crippen LogP contribution is 2.27. The Hall–Kier alpha value is -1.10. The van der Waals surface area contributed by atoms with Crippen LogP contribution in [0.3, 0.4) is 0 Å². The number of carbonyl (C=O) groups excluding carboxylic acids is 1. The number of nitrogens with zero attached hydrogens (tertiary/aromatic N) is 1. The molecule has 2 fully saturated rings. The molecule has 5 heteroatoms. The highest BCUT2D eigenvalue weighted by atomic mass is 35.5. The van der Waals surface area contributed by atoms with E-state index in [1.54, 1.807) is 4.90 Å². The van der Waals surface area contributed by atoms with Gasteiger partial charge in [-0.25, -0.2) is 0 Å². The molecule has 0 spiro atoms. The van der Waals surface area contributed by atoms with Crippen molar-refractivity contribution in [2.75, 3.05) is 6.54 Å². The van der Waals surface area contributed by atoms with Gasteiger partial charge in [0, 0.05) is 17.6 Å². The molecule has 2 N–H and O–H groups in total. The molecule has 1 heterocycles. The molecule has 1 aromatic carbocycles. The smallest absolute Gasteiger partial charge is 0.230 e. The average Bonchev–Trinajstić information content (AvgIpc) is 2.55. The topological polar surface area (TPSA) is 52.6 Å². The fourth-order valence-corrected chi connectivity index (χ4v) is 3.98. The molecule has 23 heavy (non-hydrogen) atoms. The van der Waals surface area contributed by atoms with E-state index in [-0.39, 0.29) is 17.9 Å². The van der Waals surface area contributed by atoms with E-state index < -0.39 is 6.35 Å². The largest absolute Gasteiger partial charge is 0.361 e. The van der Waals surface area contributed by atoms with Crippen molar-refractivity contribution in [1.82, 2.24) is 10.2 Å². The molecular formula is C18H25ClN2O2. The summed E-state index contributed by atoms with van der Waals surface area (Å²) < 4.78 is 0. The van der Waals surface area contributed by atoms with E-state index >= 15 is 0 Å². The highest BCUT2D eigenvalue weighted by molar-refractivity contribution is 6.30. The molecule has 2 unspecified atom stereocenters. The highest BCUT2D eigenvalue weighted by Gasteiger charge is 2.38. The van der Waals surface area contributed by atoms with Crippen LogP contribution in [0.2, 0.25) is 5.02 Å². The van der Waals surface area contributed by atoms with Crippen molar-refractivity contribution in [3.8, 4) is 0 Å². The average molecular weight is 337 g/mol. The first kappa shape index (κ1) is 16.7. The Kier molecular flexibility index (Phi) is 5.57. The van der Waals surface area contributed by atoms with Crippen LogP contribution in [0.4, 0.5) is 0 Å². The molecule has 1 aromatic rings. The monoisotopic (exact) mass is 336 g/mol. The Balaban J connectivity index is 1.62. The van der Waals surface area contributed by atoms with E-state index in [4.69, 9.17) is 11.6 Å². The Bertz CT molecular complexity index is 546. The fourth-order valence-electron chi connectivity index (χ4n) is 3.76. The van der Waals surface area contributed by atoms with Crippen molar-refractivity contribution in [2.24, 2.45) is 5.92 Å². The molecule has 4 nitrogen and oxygen atoms in total. The lowest BCUT2D eigenvalue weighted by atomic mass is 9.91. The number of nitrogens with one attached hydrogen (secondary N) is 1. The van der Waals surface area contributed by atoms with Crippen molar-refractivity contribution in [3.05, 3.63) is 34.9 Å². The second kappa shape index (κ2) is 7.65. The van der Waals surface area contributed by atoms with Gasteiger partial charge in [-0.05, 0) is 43.4 Å². The molecule has 1 saturated heterocycles. The van der Waals surface area contributed by atoms with Crippen molar-refractivity contribution in [1.29, 1.82) is 0 Å². The zero-order chi connectivity index (χ0) is 16.2. The standard InChI is InChI=1S/C18H25ClN2O2/c19-15-6-4-5-13(11-15)9-10-14-12-20-18(23)21(17(14)22)16-7-2-1-3-8-16/h4-6,11,14,16,18,20,23H,1-3,7-10,12H2. The van der Waals surface area contributed by atoms with Crippen LogP contribution in [-0.4, -0.2) is 34.9 Å². The number of aryl methyl sites for hydroxylation is 1. The molecule has 2 atom stereocenters. The number of benzene rings is 1. The van der Waals surface area contributed by atoms with Crippen molar-refractivity contribution >= 4 is 17.5 Å². The number of aliphatic hydroxyl groups is 1. The van der Waals surface area contributed by atoms with Crippen LogP contribution in [0.25, 0.3) is 0 Å². The van der Waals surface area contributed by atoms with E-state index in [1.165, 1.54) is 6.42 Å². The molecule has 2 aliphatic rings. The minimum atomic E-state index is -0.826. The number of halogens is 1. The van der Waals surface area contributed by atoms with Gasteiger partial charge in [0.25, 0.3) is 0 Å². The van der Waals surface area contributed by atoms with E-state index in [2.05, 4.69) is 5.32 Å². The summed E-state index contributed by atoms with van der Waals surface area (Å²) in [5, 5.41) is 14.0. The van der Waals surface area contributed by atoms with Crippen LogP contribution < -0.4 is 5.32 Å². The van der Waals surface area contributed by atoms with Crippen LogP contribution >= 0.6 is 11.6 Å². The number of rotatable bonds is 4. The normalized spacial score (nSPS) is 26.5. The Morgan fingerprint density at radius 3 is 2.78 bits per heavy atom. The number of carbonyl (C=O) groups is 1. The number of hydrogen-bond donors (Lipinski definition) is 2. The maximum absolute atomic E-state index is 12.8. The van der Waals surface area contributed by atoms with Gasteiger partial charge in [-0.15, -0.1) is 0 Å². The summed E-state index contributed by atoms with van der Waals surface area (Å²) in [5.41, 5.74) is 1.15. The van der Waals surface area contributed by atoms with E-state index in [0.29, 0.717) is 6.54 Å². The number of aliphatic hydroxyl groups excluding tert-OH is 1. The third-order valence-corrected chi connectivity index (χ3v) is 5.29. The van der Waals surface area contributed by atoms with Gasteiger partial charge in [0.05, 0.1) is 5.92 Å². The number of hydrogen-bond acceptors (Lipinski definition) is 3. The van der Waals surface area contributed by atoms with Crippen molar-refractivity contribution in [2.45, 2.75) is 57.3 Å². The zero-order valence-electron chi connectivity index (χ0n) is 13.4. The summed E-state index contributed by atoms with van der Waals surface area (Å²) in [6.45, 7) is 0.545. The van der Waals surface area contributed by atoms with Gasteiger partial charge >= 0.3 is 0 Å². The third-order valence-electron chi connectivity index (χ3n) is 5.05. The van der Waals surface area contributed by atoms with E-state index in [9.17, 15) is 9.90 Å². The summed E-state index contributed by atoms with van der Waals surface area (Å²) in [4.78, 5) is 14.5.